The molecule has 0 aliphatic heterocycles. The molecule has 7 heteroatoms. The van der Waals surface area contributed by atoms with Crippen molar-refractivity contribution in [2.24, 2.45) is 0 Å². The second-order valence-electron chi connectivity index (χ2n) is 7.51. The lowest BCUT2D eigenvalue weighted by Crippen LogP contribution is -2.48. The van der Waals surface area contributed by atoms with Gasteiger partial charge in [0.2, 0.25) is 5.91 Å². The third kappa shape index (κ3) is 6.21. The molecule has 6 nitrogen and oxygen atoms in total. The zero-order valence-electron chi connectivity index (χ0n) is 16.8. The van der Waals surface area contributed by atoms with Crippen LogP contribution in [-0.2, 0) is 17.8 Å². The van der Waals surface area contributed by atoms with Crippen molar-refractivity contribution < 1.29 is 18.7 Å². The van der Waals surface area contributed by atoms with Gasteiger partial charge in [-0.3, -0.25) is 9.59 Å². The Morgan fingerprint density at radius 3 is 2.48 bits per heavy atom. The second-order valence-corrected chi connectivity index (χ2v) is 8.42. The van der Waals surface area contributed by atoms with Gasteiger partial charge in [-0.2, -0.15) is 0 Å². The van der Waals surface area contributed by atoms with Gasteiger partial charge in [-0.1, -0.05) is 46.3 Å². The van der Waals surface area contributed by atoms with Crippen molar-refractivity contribution in [3.05, 3.63) is 88.3 Å². The highest BCUT2D eigenvalue weighted by atomic mass is 79.9. The highest BCUT2D eigenvalue weighted by molar-refractivity contribution is 9.10. The molecule has 0 bridgehead atoms. The highest BCUT2D eigenvalue weighted by Crippen LogP contribution is 2.20. The molecule has 1 aromatic heterocycles. The smallest absolute Gasteiger partial charge is 0.287 e. The van der Waals surface area contributed by atoms with Gasteiger partial charge in [-0.25, -0.2) is 0 Å². The first-order valence-electron chi connectivity index (χ1n) is 10.2. The molecule has 0 saturated heterocycles. The van der Waals surface area contributed by atoms with Crippen LogP contribution in [0.15, 0.2) is 75.6 Å². The van der Waals surface area contributed by atoms with Gasteiger partial charge in [0.25, 0.3) is 5.91 Å². The third-order valence-electron chi connectivity index (χ3n) is 4.91. The van der Waals surface area contributed by atoms with Crippen molar-refractivity contribution in [2.45, 2.75) is 38.0 Å². The minimum atomic E-state index is -0.678. The summed E-state index contributed by atoms with van der Waals surface area (Å²) in [5, 5.41) is 5.79. The lowest BCUT2D eigenvalue weighted by atomic mass is 10.1. The van der Waals surface area contributed by atoms with E-state index < -0.39 is 11.9 Å². The molecule has 0 spiro atoms. The van der Waals surface area contributed by atoms with E-state index >= 15 is 0 Å². The van der Waals surface area contributed by atoms with Gasteiger partial charge < -0.3 is 19.8 Å². The Hall–Kier alpha value is -3.06. The first kappa shape index (κ1) is 21.2. The molecular formula is C24H23BrN2O4. The molecule has 1 atom stereocenters. The fourth-order valence-corrected chi connectivity index (χ4v) is 3.35. The van der Waals surface area contributed by atoms with E-state index in [2.05, 4.69) is 26.6 Å². The molecule has 4 rings (SSSR count). The lowest BCUT2D eigenvalue weighted by Gasteiger charge is -2.18. The number of carbonyl (C=O) groups excluding carboxylic acids is 2. The quantitative estimate of drug-likeness (QED) is 0.477. The van der Waals surface area contributed by atoms with Gasteiger partial charge in [-0.15, -0.1) is 0 Å². The number of halogens is 1. The largest absolute Gasteiger partial charge is 0.486 e. The Morgan fingerprint density at radius 2 is 1.77 bits per heavy atom. The van der Waals surface area contributed by atoms with Crippen molar-refractivity contribution in [1.29, 1.82) is 0 Å². The fourth-order valence-electron chi connectivity index (χ4n) is 3.08. The van der Waals surface area contributed by atoms with E-state index in [0.29, 0.717) is 17.9 Å². The Kier molecular flexibility index (Phi) is 6.72. The van der Waals surface area contributed by atoms with Crippen molar-refractivity contribution in [3.63, 3.8) is 0 Å². The number of carbonyl (C=O) groups is 2. The van der Waals surface area contributed by atoms with Crippen LogP contribution in [0.3, 0.4) is 0 Å². The summed E-state index contributed by atoms with van der Waals surface area (Å²) in [4.78, 5) is 25.4. The monoisotopic (exact) mass is 482 g/mol. The average molecular weight is 483 g/mol. The molecule has 2 N–H and O–H groups in total. The zero-order valence-corrected chi connectivity index (χ0v) is 18.4. The molecule has 1 aliphatic rings. The van der Waals surface area contributed by atoms with E-state index in [0.717, 1.165) is 22.9 Å². The predicted molar refractivity (Wildman–Crippen MR) is 120 cm³/mol. The van der Waals surface area contributed by atoms with Crippen LogP contribution in [-0.4, -0.2) is 23.9 Å². The van der Waals surface area contributed by atoms with Crippen LogP contribution < -0.4 is 15.4 Å². The summed E-state index contributed by atoms with van der Waals surface area (Å²) >= 11 is 3.38. The number of hydrogen-bond donors (Lipinski definition) is 2. The number of nitrogens with one attached hydrogen (secondary N) is 2. The maximum Gasteiger partial charge on any atom is 0.287 e. The minimum absolute atomic E-state index is 0.145. The van der Waals surface area contributed by atoms with Gasteiger partial charge in [0.1, 0.15) is 24.2 Å². The van der Waals surface area contributed by atoms with E-state index in [-0.39, 0.29) is 24.3 Å². The summed E-state index contributed by atoms with van der Waals surface area (Å²) in [6.45, 7) is 0.199. The molecule has 0 radical (unpaired) electrons. The SMILES string of the molecule is O=C(NC(Cc1ccccc1)C(=O)NC1CC1)c1ccc(COc2ccc(Br)cc2)o1. The molecule has 1 heterocycles. The summed E-state index contributed by atoms with van der Waals surface area (Å²) in [5.74, 6) is 0.763. The molecular weight excluding hydrogens is 460 g/mol. The molecule has 1 aliphatic carbocycles. The first-order valence-corrected chi connectivity index (χ1v) is 11.0. The number of amides is 2. The lowest BCUT2D eigenvalue weighted by molar-refractivity contribution is -0.123. The van der Waals surface area contributed by atoms with Crippen LogP contribution >= 0.6 is 15.9 Å². The summed E-state index contributed by atoms with van der Waals surface area (Å²) in [6, 6.07) is 19.9. The molecule has 31 heavy (non-hydrogen) atoms. The van der Waals surface area contributed by atoms with Gasteiger partial charge in [-0.05, 0) is 54.8 Å². The molecule has 3 aromatic rings. The van der Waals surface area contributed by atoms with Crippen LogP contribution in [0.4, 0.5) is 0 Å². The third-order valence-corrected chi connectivity index (χ3v) is 5.44. The Balaban J connectivity index is 1.38. The molecule has 2 amide bonds. The van der Waals surface area contributed by atoms with Crippen LogP contribution in [0.25, 0.3) is 0 Å². The number of benzene rings is 2. The first-order chi connectivity index (χ1) is 15.1. The zero-order chi connectivity index (χ0) is 21.6. The maximum atomic E-state index is 12.7. The Morgan fingerprint density at radius 1 is 1.03 bits per heavy atom. The van der Waals surface area contributed by atoms with Crippen molar-refractivity contribution in [1.82, 2.24) is 10.6 Å². The highest BCUT2D eigenvalue weighted by Gasteiger charge is 2.29. The molecule has 1 saturated carbocycles. The van der Waals surface area contributed by atoms with E-state index in [9.17, 15) is 9.59 Å². The summed E-state index contributed by atoms with van der Waals surface area (Å²) in [7, 11) is 0. The molecule has 1 unspecified atom stereocenters. The number of ether oxygens (including phenoxy) is 1. The number of rotatable bonds is 9. The van der Waals surface area contributed by atoms with Gasteiger partial charge in [0.15, 0.2) is 5.76 Å². The Labute approximate surface area is 189 Å². The maximum absolute atomic E-state index is 12.7. The average Bonchev–Trinajstić information content (AvgIpc) is 3.46. The topological polar surface area (TPSA) is 80.6 Å². The Bertz CT molecular complexity index is 1030. The summed E-state index contributed by atoms with van der Waals surface area (Å²) in [5.41, 5.74) is 0.974. The standard InChI is InChI=1S/C24H23BrN2O4/c25-17-6-10-19(11-7-17)30-15-20-12-13-22(31-20)24(29)27-21(23(28)26-18-8-9-18)14-16-4-2-1-3-5-16/h1-7,10-13,18,21H,8-9,14-15H2,(H,26,28)(H,27,29). The fraction of sp³-hybridized carbons (Fsp3) is 0.250. The summed E-state index contributed by atoms with van der Waals surface area (Å²) < 4.78 is 12.3. The van der Waals surface area contributed by atoms with E-state index in [1.54, 1.807) is 12.1 Å². The molecule has 160 valence electrons. The van der Waals surface area contributed by atoms with Crippen LogP contribution in [0.5, 0.6) is 5.75 Å². The molecule has 1 fully saturated rings. The summed E-state index contributed by atoms with van der Waals surface area (Å²) in [6.07, 6.45) is 2.38. The second kappa shape index (κ2) is 9.83. The van der Waals surface area contributed by atoms with Crippen LogP contribution in [0.2, 0.25) is 0 Å². The molecule has 2 aromatic carbocycles. The van der Waals surface area contributed by atoms with Crippen LogP contribution in [0, 0.1) is 0 Å². The van der Waals surface area contributed by atoms with Crippen LogP contribution in [0.1, 0.15) is 34.7 Å². The van der Waals surface area contributed by atoms with Crippen molar-refractivity contribution >= 4 is 27.7 Å². The minimum Gasteiger partial charge on any atom is -0.486 e. The van der Waals surface area contributed by atoms with Gasteiger partial charge >= 0.3 is 0 Å². The number of hydrogen-bond acceptors (Lipinski definition) is 4. The predicted octanol–water partition coefficient (Wildman–Crippen LogP) is 4.24. The van der Waals surface area contributed by atoms with Gasteiger partial charge in [0, 0.05) is 16.9 Å². The normalized spacial score (nSPS) is 14.0. The van der Waals surface area contributed by atoms with Gasteiger partial charge in [0.05, 0.1) is 0 Å². The van der Waals surface area contributed by atoms with E-state index in [4.69, 9.17) is 9.15 Å². The van der Waals surface area contributed by atoms with E-state index in [1.165, 1.54) is 0 Å². The van der Waals surface area contributed by atoms with Crippen molar-refractivity contribution in [3.8, 4) is 5.75 Å². The van der Waals surface area contributed by atoms with Crippen molar-refractivity contribution in [2.75, 3.05) is 0 Å². The van der Waals surface area contributed by atoms with E-state index in [1.807, 2.05) is 54.6 Å². The number of furan rings is 1.